The van der Waals surface area contributed by atoms with Crippen LogP contribution in [0, 0.1) is 0 Å². The van der Waals surface area contributed by atoms with Gasteiger partial charge in [0.05, 0.1) is 31.9 Å². The van der Waals surface area contributed by atoms with Gasteiger partial charge in [0.15, 0.2) is 0 Å². The summed E-state index contributed by atoms with van der Waals surface area (Å²) in [6, 6.07) is 13.6. The summed E-state index contributed by atoms with van der Waals surface area (Å²) < 4.78 is 10.3. The number of benzene rings is 2. The largest absolute Gasteiger partial charge is 0.462 e. The highest BCUT2D eigenvalue weighted by Gasteiger charge is 2.18. The number of carbonyl (C=O) groups is 3. The predicted molar refractivity (Wildman–Crippen MR) is 117 cm³/mol. The topological polar surface area (TPSA) is 97.0 Å². The molecule has 2 aromatic rings. The summed E-state index contributed by atoms with van der Waals surface area (Å²) in [7, 11) is 0. The van der Waals surface area contributed by atoms with E-state index in [0.29, 0.717) is 49.7 Å². The van der Waals surface area contributed by atoms with Crippen LogP contribution in [0.3, 0.4) is 0 Å². The molecule has 0 spiro atoms. The molecule has 0 atom stereocenters. The van der Waals surface area contributed by atoms with E-state index >= 15 is 0 Å². The highest BCUT2D eigenvalue weighted by Crippen LogP contribution is 2.14. The number of nitrogens with zero attached hydrogens (tertiary/aromatic N) is 1. The van der Waals surface area contributed by atoms with Gasteiger partial charge in [-0.25, -0.2) is 4.79 Å². The van der Waals surface area contributed by atoms with Gasteiger partial charge in [-0.1, -0.05) is 6.92 Å². The zero-order chi connectivity index (χ0) is 22.1. The summed E-state index contributed by atoms with van der Waals surface area (Å²) in [6.07, 6.45) is 0.764. The van der Waals surface area contributed by atoms with Crippen LogP contribution in [-0.4, -0.2) is 62.1 Å². The maximum absolute atomic E-state index is 12.5. The lowest BCUT2D eigenvalue weighted by Crippen LogP contribution is -2.40. The number of morpholine rings is 1. The number of anilines is 2. The fourth-order valence-electron chi connectivity index (χ4n) is 3.03. The van der Waals surface area contributed by atoms with Crippen LogP contribution in [0.4, 0.5) is 11.4 Å². The van der Waals surface area contributed by atoms with Gasteiger partial charge in [-0.3, -0.25) is 9.59 Å². The first-order chi connectivity index (χ1) is 15.1. The molecule has 1 heterocycles. The number of hydrogen-bond acceptors (Lipinski definition) is 6. The molecule has 1 saturated heterocycles. The second-order valence-electron chi connectivity index (χ2n) is 7.10. The standard InChI is InChI=1S/C23H27N3O5/c1-2-13-31-23(29)18-5-9-20(10-6-18)25-21(27)16-24-19-7-3-17(4-8-19)22(28)26-11-14-30-15-12-26/h3-10,24H,2,11-16H2,1H3,(H,25,27). The third kappa shape index (κ3) is 6.55. The van der Waals surface area contributed by atoms with Crippen molar-refractivity contribution in [3.63, 3.8) is 0 Å². The molecule has 8 heteroatoms. The Balaban J connectivity index is 1.46. The number of rotatable bonds is 8. The van der Waals surface area contributed by atoms with Gasteiger partial charge >= 0.3 is 5.97 Å². The molecule has 8 nitrogen and oxygen atoms in total. The van der Waals surface area contributed by atoms with Crippen molar-refractivity contribution in [3.8, 4) is 0 Å². The normalized spacial score (nSPS) is 13.4. The molecule has 0 unspecified atom stereocenters. The molecular weight excluding hydrogens is 398 g/mol. The van der Waals surface area contributed by atoms with Crippen molar-refractivity contribution in [3.05, 3.63) is 59.7 Å². The van der Waals surface area contributed by atoms with Gasteiger partial charge < -0.3 is 25.0 Å². The Morgan fingerprint density at radius 3 is 2.19 bits per heavy atom. The molecule has 2 N–H and O–H groups in total. The van der Waals surface area contributed by atoms with E-state index in [1.54, 1.807) is 53.4 Å². The van der Waals surface area contributed by atoms with E-state index in [2.05, 4.69) is 10.6 Å². The molecular formula is C23H27N3O5. The number of carbonyl (C=O) groups excluding carboxylic acids is 3. The molecule has 0 aromatic heterocycles. The molecule has 1 fully saturated rings. The SMILES string of the molecule is CCCOC(=O)c1ccc(NC(=O)CNc2ccc(C(=O)N3CCOCC3)cc2)cc1. The smallest absolute Gasteiger partial charge is 0.338 e. The number of ether oxygens (including phenoxy) is 2. The van der Waals surface area contributed by atoms with Crippen LogP contribution >= 0.6 is 0 Å². The second kappa shape index (κ2) is 11.1. The molecule has 0 aliphatic carbocycles. The summed E-state index contributed by atoms with van der Waals surface area (Å²) in [4.78, 5) is 38.2. The first-order valence-corrected chi connectivity index (χ1v) is 10.3. The number of esters is 1. The summed E-state index contributed by atoms with van der Waals surface area (Å²) in [5, 5.41) is 5.80. The Morgan fingerprint density at radius 2 is 1.55 bits per heavy atom. The Hall–Kier alpha value is -3.39. The molecule has 1 aliphatic rings. The average Bonchev–Trinajstić information content (AvgIpc) is 2.82. The van der Waals surface area contributed by atoms with Gasteiger partial charge in [0, 0.05) is 30.0 Å². The second-order valence-corrected chi connectivity index (χ2v) is 7.10. The first kappa shape index (κ1) is 22.3. The van der Waals surface area contributed by atoms with E-state index in [1.807, 2.05) is 6.92 Å². The quantitative estimate of drug-likeness (QED) is 0.632. The van der Waals surface area contributed by atoms with Crippen LogP contribution in [-0.2, 0) is 14.3 Å². The molecule has 0 bridgehead atoms. The van der Waals surface area contributed by atoms with Crippen molar-refractivity contribution >= 4 is 29.2 Å². The summed E-state index contributed by atoms with van der Waals surface area (Å²) in [5.74, 6) is -0.624. The van der Waals surface area contributed by atoms with Crippen LogP contribution in [0.25, 0.3) is 0 Å². The minimum Gasteiger partial charge on any atom is -0.462 e. The molecule has 164 valence electrons. The number of amides is 2. The fraction of sp³-hybridized carbons (Fsp3) is 0.348. The van der Waals surface area contributed by atoms with E-state index in [-0.39, 0.29) is 24.3 Å². The fourth-order valence-corrected chi connectivity index (χ4v) is 3.03. The Bertz CT molecular complexity index is 890. The van der Waals surface area contributed by atoms with Crippen LogP contribution in [0.1, 0.15) is 34.1 Å². The monoisotopic (exact) mass is 425 g/mol. The summed E-state index contributed by atoms with van der Waals surface area (Å²) in [5.41, 5.74) is 2.37. The van der Waals surface area contributed by atoms with Crippen molar-refractivity contribution < 1.29 is 23.9 Å². The molecule has 31 heavy (non-hydrogen) atoms. The number of hydrogen-bond donors (Lipinski definition) is 2. The summed E-state index contributed by atoms with van der Waals surface area (Å²) >= 11 is 0. The predicted octanol–water partition coefficient (Wildman–Crippen LogP) is 2.78. The Kier molecular flexibility index (Phi) is 8.00. The molecule has 0 radical (unpaired) electrons. The van der Waals surface area contributed by atoms with E-state index in [9.17, 15) is 14.4 Å². The highest BCUT2D eigenvalue weighted by molar-refractivity contribution is 5.96. The van der Waals surface area contributed by atoms with Crippen LogP contribution in [0.5, 0.6) is 0 Å². The zero-order valence-electron chi connectivity index (χ0n) is 17.6. The van der Waals surface area contributed by atoms with Gasteiger partial charge in [0.2, 0.25) is 5.91 Å². The Morgan fingerprint density at radius 1 is 0.935 bits per heavy atom. The van der Waals surface area contributed by atoms with E-state index in [0.717, 1.165) is 12.1 Å². The van der Waals surface area contributed by atoms with Crippen LogP contribution in [0.2, 0.25) is 0 Å². The lowest BCUT2D eigenvalue weighted by Gasteiger charge is -2.26. The van der Waals surface area contributed by atoms with E-state index < -0.39 is 0 Å². The van der Waals surface area contributed by atoms with Crippen LogP contribution in [0.15, 0.2) is 48.5 Å². The maximum Gasteiger partial charge on any atom is 0.338 e. The maximum atomic E-state index is 12.5. The van der Waals surface area contributed by atoms with Gasteiger partial charge in [0.25, 0.3) is 5.91 Å². The van der Waals surface area contributed by atoms with Crippen molar-refractivity contribution in [2.75, 3.05) is 50.1 Å². The third-order valence-electron chi connectivity index (χ3n) is 4.72. The van der Waals surface area contributed by atoms with Gasteiger partial charge in [-0.2, -0.15) is 0 Å². The average molecular weight is 425 g/mol. The molecule has 0 saturated carbocycles. The molecule has 1 aliphatic heterocycles. The van der Waals surface area contributed by atoms with Crippen molar-refractivity contribution in [2.24, 2.45) is 0 Å². The Labute approximate surface area is 181 Å². The third-order valence-corrected chi connectivity index (χ3v) is 4.72. The van der Waals surface area contributed by atoms with Crippen LogP contribution < -0.4 is 10.6 Å². The van der Waals surface area contributed by atoms with Crippen molar-refractivity contribution in [1.29, 1.82) is 0 Å². The van der Waals surface area contributed by atoms with Gasteiger partial charge in [-0.15, -0.1) is 0 Å². The molecule has 3 rings (SSSR count). The van der Waals surface area contributed by atoms with E-state index in [4.69, 9.17) is 9.47 Å². The van der Waals surface area contributed by atoms with Gasteiger partial charge in [0.1, 0.15) is 0 Å². The summed E-state index contributed by atoms with van der Waals surface area (Å²) in [6.45, 7) is 4.69. The van der Waals surface area contributed by atoms with E-state index in [1.165, 1.54) is 0 Å². The first-order valence-electron chi connectivity index (χ1n) is 10.3. The van der Waals surface area contributed by atoms with Crippen molar-refractivity contribution in [1.82, 2.24) is 4.90 Å². The minimum atomic E-state index is -0.378. The zero-order valence-corrected chi connectivity index (χ0v) is 17.6. The lowest BCUT2D eigenvalue weighted by molar-refractivity contribution is -0.114. The molecule has 2 amide bonds. The minimum absolute atomic E-state index is 0.0189. The highest BCUT2D eigenvalue weighted by atomic mass is 16.5. The molecule has 2 aromatic carbocycles. The lowest BCUT2D eigenvalue weighted by atomic mass is 10.1. The number of nitrogens with one attached hydrogen (secondary N) is 2. The van der Waals surface area contributed by atoms with Crippen molar-refractivity contribution in [2.45, 2.75) is 13.3 Å². The van der Waals surface area contributed by atoms with Gasteiger partial charge in [-0.05, 0) is 55.0 Å².